The standard InChI is InChI=1S/C12H15FN2O3/c1-7(12(17)18)14-11(16)9-5-4-8(15(2)3)6-10(9)13/h4-7H,1-3H3,(H,14,16)(H,17,18). The molecule has 2 N–H and O–H groups in total. The van der Waals surface area contributed by atoms with Crippen LogP contribution in [0.1, 0.15) is 17.3 Å². The highest BCUT2D eigenvalue weighted by Gasteiger charge is 2.18. The topological polar surface area (TPSA) is 69.6 Å². The van der Waals surface area contributed by atoms with E-state index in [4.69, 9.17) is 5.11 Å². The summed E-state index contributed by atoms with van der Waals surface area (Å²) in [5.74, 6) is -2.60. The molecule has 1 unspecified atom stereocenters. The van der Waals surface area contributed by atoms with Crippen molar-refractivity contribution in [1.82, 2.24) is 5.32 Å². The van der Waals surface area contributed by atoms with Gasteiger partial charge in [-0.25, -0.2) is 4.39 Å². The molecular weight excluding hydrogens is 239 g/mol. The Kier molecular flexibility index (Phi) is 4.25. The van der Waals surface area contributed by atoms with E-state index < -0.39 is 23.7 Å². The second-order valence-electron chi connectivity index (χ2n) is 4.09. The average Bonchev–Trinajstić information content (AvgIpc) is 2.28. The number of aliphatic carboxylic acids is 1. The highest BCUT2D eigenvalue weighted by Crippen LogP contribution is 2.16. The van der Waals surface area contributed by atoms with Crippen molar-refractivity contribution in [3.8, 4) is 0 Å². The molecule has 0 spiro atoms. The third-order valence-electron chi connectivity index (χ3n) is 2.43. The molecular formula is C12H15FN2O3. The first-order valence-electron chi connectivity index (χ1n) is 5.33. The van der Waals surface area contributed by atoms with Crippen molar-refractivity contribution < 1.29 is 19.1 Å². The van der Waals surface area contributed by atoms with E-state index in [1.165, 1.54) is 19.1 Å². The van der Waals surface area contributed by atoms with Gasteiger partial charge in [0.25, 0.3) is 5.91 Å². The Hall–Kier alpha value is -2.11. The highest BCUT2D eigenvalue weighted by molar-refractivity contribution is 5.97. The molecule has 0 aliphatic heterocycles. The maximum atomic E-state index is 13.7. The number of benzene rings is 1. The molecule has 1 rings (SSSR count). The zero-order chi connectivity index (χ0) is 13.9. The first-order chi connectivity index (χ1) is 8.32. The minimum atomic E-state index is -1.17. The molecule has 0 fully saturated rings. The first-order valence-corrected chi connectivity index (χ1v) is 5.33. The fourth-order valence-corrected chi connectivity index (χ4v) is 1.30. The summed E-state index contributed by atoms with van der Waals surface area (Å²) in [7, 11) is 3.50. The maximum Gasteiger partial charge on any atom is 0.325 e. The Morgan fingerprint density at radius 1 is 1.39 bits per heavy atom. The van der Waals surface area contributed by atoms with Gasteiger partial charge in [0.15, 0.2) is 0 Å². The van der Waals surface area contributed by atoms with E-state index in [0.29, 0.717) is 5.69 Å². The molecule has 1 aromatic rings. The molecule has 1 aromatic carbocycles. The summed E-state index contributed by atoms with van der Waals surface area (Å²) in [5.41, 5.74) is 0.448. The predicted molar refractivity (Wildman–Crippen MR) is 65.3 cm³/mol. The van der Waals surface area contributed by atoms with Crippen molar-refractivity contribution >= 4 is 17.6 Å². The van der Waals surface area contributed by atoms with Gasteiger partial charge in [-0.15, -0.1) is 0 Å². The number of carbonyl (C=O) groups is 2. The van der Waals surface area contributed by atoms with E-state index in [9.17, 15) is 14.0 Å². The normalized spacial score (nSPS) is 11.8. The Morgan fingerprint density at radius 3 is 2.44 bits per heavy atom. The van der Waals surface area contributed by atoms with E-state index in [1.807, 2.05) is 0 Å². The number of rotatable bonds is 4. The minimum Gasteiger partial charge on any atom is -0.480 e. The van der Waals surface area contributed by atoms with Gasteiger partial charge in [0.1, 0.15) is 11.9 Å². The monoisotopic (exact) mass is 254 g/mol. The fourth-order valence-electron chi connectivity index (χ4n) is 1.30. The Bertz CT molecular complexity index is 474. The van der Waals surface area contributed by atoms with Crippen LogP contribution in [0.25, 0.3) is 0 Å². The third-order valence-corrected chi connectivity index (χ3v) is 2.43. The smallest absolute Gasteiger partial charge is 0.325 e. The lowest BCUT2D eigenvalue weighted by molar-refractivity contribution is -0.138. The van der Waals surface area contributed by atoms with Crippen molar-refractivity contribution in [2.45, 2.75) is 13.0 Å². The van der Waals surface area contributed by atoms with E-state index in [1.54, 1.807) is 25.1 Å². The second-order valence-corrected chi connectivity index (χ2v) is 4.09. The molecule has 18 heavy (non-hydrogen) atoms. The number of halogens is 1. The van der Waals surface area contributed by atoms with Crippen molar-refractivity contribution in [2.24, 2.45) is 0 Å². The highest BCUT2D eigenvalue weighted by atomic mass is 19.1. The number of carbonyl (C=O) groups excluding carboxylic acids is 1. The van der Waals surface area contributed by atoms with Crippen LogP contribution in [-0.2, 0) is 4.79 Å². The molecule has 98 valence electrons. The van der Waals surface area contributed by atoms with Crippen LogP contribution in [0, 0.1) is 5.82 Å². The van der Waals surface area contributed by atoms with Crippen LogP contribution in [0.2, 0.25) is 0 Å². The molecule has 0 saturated heterocycles. The van der Waals surface area contributed by atoms with Crippen LogP contribution in [-0.4, -0.2) is 37.1 Å². The van der Waals surface area contributed by atoms with E-state index in [0.717, 1.165) is 0 Å². The van der Waals surface area contributed by atoms with Gasteiger partial charge in [0, 0.05) is 19.8 Å². The van der Waals surface area contributed by atoms with Gasteiger partial charge in [-0.1, -0.05) is 0 Å². The summed E-state index contributed by atoms with van der Waals surface area (Å²) in [6.45, 7) is 1.31. The predicted octanol–water partition coefficient (Wildman–Crippen LogP) is 1.09. The number of carboxylic acids is 1. The molecule has 0 saturated carbocycles. The lowest BCUT2D eigenvalue weighted by atomic mass is 10.1. The lowest BCUT2D eigenvalue weighted by Crippen LogP contribution is -2.38. The zero-order valence-electron chi connectivity index (χ0n) is 10.4. The summed E-state index contributed by atoms with van der Waals surface area (Å²) in [4.78, 5) is 23.9. The van der Waals surface area contributed by atoms with Crippen LogP contribution in [0.5, 0.6) is 0 Å². The third kappa shape index (κ3) is 3.19. The van der Waals surface area contributed by atoms with Crippen LogP contribution in [0.4, 0.5) is 10.1 Å². The van der Waals surface area contributed by atoms with E-state index in [2.05, 4.69) is 5.32 Å². The minimum absolute atomic E-state index is 0.173. The largest absolute Gasteiger partial charge is 0.480 e. The average molecular weight is 254 g/mol. The molecule has 1 atom stereocenters. The molecule has 0 aromatic heterocycles. The summed E-state index contributed by atoms with van der Waals surface area (Å²) in [6.07, 6.45) is 0. The van der Waals surface area contributed by atoms with Gasteiger partial charge >= 0.3 is 5.97 Å². The Balaban J connectivity index is 2.90. The van der Waals surface area contributed by atoms with Gasteiger partial charge in [0.2, 0.25) is 0 Å². The maximum absolute atomic E-state index is 13.7. The summed E-state index contributed by atoms with van der Waals surface area (Å²) in [5, 5.41) is 10.8. The molecule has 0 heterocycles. The number of anilines is 1. The van der Waals surface area contributed by atoms with Gasteiger partial charge < -0.3 is 15.3 Å². The number of hydrogen-bond acceptors (Lipinski definition) is 3. The Labute approximate surface area is 104 Å². The second kappa shape index (κ2) is 5.48. The van der Waals surface area contributed by atoms with Gasteiger partial charge in [-0.3, -0.25) is 9.59 Å². The van der Waals surface area contributed by atoms with Gasteiger partial charge in [-0.2, -0.15) is 0 Å². The number of nitrogens with one attached hydrogen (secondary N) is 1. The van der Waals surface area contributed by atoms with Crippen molar-refractivity contribution in [1.29, 1.82) is 0 Å². The number of nitrogens with zero attached hydrogens (tertiary/aromatic N) is 1. The van der Waals surface area contributed by atoms with Crippen LogP contribution < -0.4 is 10.2 Å². The van der Waals surface area contributed by atoms with E-state index in [-0.39, 0.29) is 5.56 Å². The van der Waals surface area contributed by atoms with Crippen molar-refractivity contribution in [2.75, 3.05) is 19.0 Å². The lowest BCUT2D eigenvalue weighted by Gasteiger charge is -2.14. The molecule has 1 amide bonds. The van der Waals surface area contributed by atoms with E-state index >= 15 is 0 Å². The van der Waals surface area contributed by atoms with Crippen molar-refractivity contribution in [3.63, 3.8) is 0 Å². The molecule has 6 heteroatoms. The summed E-state index contributed by atoms with van der Waals surface area (Å²) in [6, 6.07) is 3.07. The number of hydrogen-bond donors (Lipinski definition) is 2. The summed E-state index contributed by atoms with van der Waals surface area (Å²) >= 11 is 0. The fraction of sp³-hybridized carbons (Fsp3) is 0.333. The molecule has 0 aliphatic rings. The first kappa shape index (κ1) is 14.0. The number of amides is 1. The van der Waals surface area contributed by atoms with Gasteiger partial charge in [0.05, 0.1) is 5.56 Å². The number of carboxylic acid groups (broad SMARTS) is 1. The SMILES string of the molecule is CC(NC(=O)c1ccc(N(C)C)cc1F)C(=O)O. The van der Waals surface area contributed by atoms with Gasteiger partial charge in [-0.05, 0) is 25.1 Å². The molecule has 0 radical (unpaired) electrons. The zero-order valence-corrected chi connectivity index (χ0v) is 10.4. The van der Waals surface area contributed by atoms with Crippen molar-refractivity contribution in [3.05, 3.63) is 29.6 Å². The summed E-state index contributed by atoms with van der Waals surface area (Å²) < 4.78 is 13.7. The quantitative estimate of drug-likeness (QED) is 0.844. The molecule has 0 bridgehead atoms. The van der Waals surface area contributed by atoms with Crippen LogP contribution in [0.15, 0.2) is 18.2 Å². The molecule has 0 aliphatic carbocycles. The Morgan fingerprint density at radius 2 is 2.00 bits per heavy atom. The van der Waals surface area contributed by atoms with Crippen LogP contribution >= 0.6 is 0 Å². The van der Waals surface area contributed by atoms with Crippen LogP contribution in [0.3, 0.4) is 0 Å². The molecule has 5 nitrogen and oxygen atoms in total.